The zero-order valence-corrected chi connectivity index (χ0v) is 17.8. The predicted octanol–water partition coefficient (Wildman–Crippen LogP) is 4.72. The summed E-state index contributed by atoms with van der Waals surface area (Å²) in [5, 5.41) is 3.50. The number of hydrogen-bond acceptors (Lipinski definition) is 5. The van der Waals surface area contributed by atoms with Crippen LogP contribution in [0.3, 0.4) is 0 Å². The molecule has 0 amide bonds. The number of rotatable bonds is 5. The van der Waals surface area contributed by atoms with Crippen LogP contribution in [-0.2, 0) is 12.1 Å². The molecule has 1 aliphatic rings. The second-order valence-electron chi connectivity index (χ2n) is 8.17. The number of hydrogen-bond donors (Lipinski definition) is 2. The Bertz CT molecular complexity index is 1300. The van der Waals surface area contributed by atoms with E-state index in [-0.39, 0.29) is 11.1 Å². The molecule has 0 saturated heterocycles. The summed E-state index contributed by atoms with van der Waals surface area (Å²) in [5.74, 6) is 1.14. The Morgan fingerprint density at radius 2 is 1.81 bits per heavy atom. The lowest BCUT2D eigenvalue weighted by Gasteiger charge is -2.38. The summed E-state index contributed by atoms with van der Waals surface area (Å²) in [7, 11) is 1.75. The van der Waals surface area contributed by atoms with Crippen LogP contribution in [0.1, 0.15) is 31.7 Å². The zero-order chi connectivity index (χ0) is 21.6. The number of nitrogens with one attached hydrogen (secondary N) is 1. The van der Waals surface area contributed by atoms with Gasteiger partial charge in [0.25, 0.3) is 5.56 Å². The topological polar surface area (TPSA) is 86.1 Å². The van der Waals surface area contributed by atoms with Crippen LogP contribution in [0, 0.1) is 0 Å². The van der Waals surface area contributed by atoms with Crippen molar-refractivity contribution >= 4 is 17.0 Å². The summed E-state index contributed by atoms with van der Waals surface area (Å²) < 4.78 is 7.86. The van der Waals surface area contributed by atoms with Gasteiger partial charge in [-0.3, -0.25) is 9.36 Å². The molecule has 6 nitrogen and oxygen atoms in total. The average molecular weight is 415 g/mol. The van der Waals surface area contributed by atoms with E-state index in [0.29, 0.717) is 29.4 Å². The standard InChI is InChI=1S/C25H26N4O2/c1-3-29-23(30)20-19(16-8-5-4-6-9-16)21(31-22(20)28-24(29)27-2)17-10-12-18(13-11-17)25(26)14-7-15-25/h4-6,8-13H,3,7,14-15,26H2,1-2H3,(H,27,28). The highest BCUT2D eigenvalue weighted by molar-refractivity contribution is 6.00. The molecule has 0 unspecified atom stereocenters. The maximum Gasteiger partial charge on any atom is 0.266 e. The monoisotopic (exact) mass is 414 g/mol. The first-order chi connectivity index (χ1) is 15.1. The average Bonchev–Trinajstić information content (AvgIpc) is 3.18. The molecule has 1 fully saturated rings. The van der Waals surface area contributed by atoms with E-state index < -0.39 is 0 Å². The van der Waals surface area contributed by atoms with Gasteiger partial charge in [0, 0.05) is 30.3 Å². The van der Waals surface area contributed by atoms with Gasteiger partial charge in [-0.25, -0.2) is 0 Å². The first kappa shape index (κ1) is 19.6. The number of benzene rings is 2. The van der Waals surface area contributed by atoms with E-state index in [1.165, 1.54) is 6.42 Å². The first-order valence-corrected chi connectivity index (χ1v) is 10.8. The van der Waals surface area contributed by atoms with Crippen molar-refractivity contribution in [1.82, 2.24) is 9.55 Å². The Morgan fingerprint density at radius 3 is 2.39 bits per heavy atom. The summed E-state index contributed by atoms with van der Waals surface area (Å²) >= 11 is 0. The number of fused-ring (bicyclic) bond motifs is 1. The lowest BCUT2D eigenvalue weighted by Crippen LogP contribution is -2.43. The minimum absolute atomic E-state index is 0.113. The molecular formula is C25H26N4O2. The van der Waals surface area contributed by atoms with E-state index in [2.05, 4.69) is 22.4 Å². The van der Waals surface area contributed by atoms with Gasteiger partial charge in [-0.1, -0.05) is 54.6 Å². The van der Waals surface area contributed by atoms with Crippen LogP contribution in [0.15, 0.2) is 63.8 Å². The number of anilines is 1. The molecule has 3 N–H and O–H groups in total. The quantitative estimate of drug-likeness (QED) is 0.493. The Balaban J connectivity index is 1.76. The fourth-order valence-corrected chi connectivity index (χ4v) is 4.45. The van der Waals surface area contributed by atoms with Crippen molar-refractivity contribution in [3.8, 4) is 22.5 Å². The van der Waals surface area contributed by atoms with Gasteiger partial charge in [0.2, 0.25) is 11.7 Å². The molecule has 2 aromatic heterocycles. The molecule has 0 bridgehead atoms. The van der Waals surface area contributed by atoms with Crippen molar-refractivity contribution in [2.24, 2.45) is 5.73 Å². The van der Waals surface area contributed by atoms with Crippen LogP contribution in [0.2, 0.25) is 0 Å². The van der Waals surface area contributed by atoms with Crippen molar-refractivity contribution in [1.29, 1.82) is 0 Å². The summed E-state index contributed by atoms with van der Waals surface area (Å²) in [6, 6.07) is 18.1. The van der Waals surface area contributed by atoms with Crippen LogP contribution < -0.4 is 16.6 Å². The van der Waals surface area contributed by atoms with E-state index in [9.17, 15) is 4.79 Å². The summed E-state index contributed by atoms with van der Waals surface area (Å²) in [6.45, 7) is 2.45. The molecular weight excluding hydrogens is 388 g/mol. The molecule has 0 atom stereocenters. The Morgan fingerprint density at radius 1 is 1.10 bits per heavy atom. The molecule has 158 valence electrons. The van der Waals surface area contributed by atoms with Crippen LogP contribution >= 0.6 is 0 Å². The third-order valence-electron chi connectivity index (χ3n) is 6.38. The van der Waals surface area contributed by atoms with Gasteiger partial charge in [-0.15, -0.1) is 0 Å². The molecule has 0 aliphatic heterocycles. The third-order valence-corrected chi connectivity index (χ3v) is 6.38. The van der Waals surface area contributed by atoms with E-state index in [1.807, 2.05) is 49.4 Å². The number of nitrogens with two attached hydrogens (primary N) is 1. The highest BCUT2D eigenvalue weighted by Crippen LogP contribution is 2.42. The molecule has 1 aliphatic carbocycles. The van der Waals surface area contributed by atoms with Crippen molar-refractivity contribution < 1.29 is 4.42 Å². The number of nitrogens with zero attached hydrogens (tertiary/aromatic N) is 2. The smallest absolute Gasteiger partial charge is 0.266 e. The van der Waals surface area contributed by atoms with E-state index in [4.69, 9.17) is 10.2 Å². The molecule has 5 rings (SSSR count). The van der Waals surface area contributed by atoms with Crippen molar-refractivity contribution in [3.05, 3.63) is 70.5 Å². The van der Waals surface area contributed by atoms with Gasteiger partial charge in [0.05, 0.1) is 0 Å². The molecule has 6 heteroatoms. The largest absolute Gasteiger partial charge is 0.437 e. The van der Waals surface area contributed by atoms with Gasteiger partial charge < -0.3 is 15.5 Å². The fourth-order valence-electron chi connectivity index (χ4n) is 4.45. The maximum atomic E-state index is 13.4. The summed E-state index contributed by atoms with van der Waals surface area (Å²) in [5.41, 5.74) is 10.2. The fraction of sp³-hybridized carbons (Fsp3) is 0.280. The minimum atomic E-state index is -0.216. The molecule has 31 heavy (non-hydrogen) atoms. The van der Waals surface area contributed by atoms with Crippen LogP contribution in [0.25, 0.3) is 33.6 Å². The molecule has 1 saturated carbocycles. The highest BCUT2D eigenvalue weighted by Gasteiger charge is 2.34. The predicted molar refractivity (Wildman–Crippen MR) is 124 cm³/mol. The molecule has 4 aromatic rings. The second kappa shape index (κ2) is 7.39. The number of furan rings is 1. The Kier molecular flexibility index (Phi) is 4.67. The number of aromatic nitrogens is 2. The molecule has 2 heterocycles. The van der Waals surface area contributed by atoms with E-state index >= 15 is 0 Å². The van der Waals surface area contributed by atoms with Crippen molar-refractivity contribution in [3.63, 3.8) is 0 Å². The summed E-state index contributed by atoms with van der Waals surface area (Å²) in [6.07, 6.45) is 3.20. The van der Waals surface area contributed by atoms with Crippen LogP contribution in [-0.4, -0.2) is 16.6 Å². The van der Waals surface area contributed by atoms with Gasteiger partial charge >= 0.3 is 0 Å². The lowest BCUT2D eigenvalue weighted by atomic mass is 9.72. The van der Waals surface area contributed by atoms with Crippen LogP contribution in [0.5, 0.6) is 0 Å². The Hall–Kier alpha value is -3.38. The van der Waals surface area contributed by atoms with Gasteiger partial charge in [-0.2, -0.15) is 4.98 Å². The first-order valence-electron chi connectivity index (χ1n) is 10.8. The van der Waals surface area contributed by atoms with Gasteiger partial charge in [0.1, 0.15) is 11.1 Å². The SMILES string of the molecule is CCn1c(NC)nc2oc(-c3ccc(C4(N)CCC4)cc3)c(-c3ccccc3)c2c1=O. The normalized spacial score (nSPS) is 15.1. The molecule has 2 aromatic carbocycles. The second-order valence-corrected chi connectivity index (χ2v) is 8.17. The summed E-state index contributed by atoms with van der Waals surface area (Å²) in [4.78, 5) is 18.0. The lowest BCUT2D eigenvalue weighted by molar-refractivity contribution is 0.253. The zero-order valence-electron chi connectivity index (χ0n) is 17.8. The minimum Gasteiger partial charge on any atom is -0.437 e. The Labute approximate surface area is 180 Å². The maximum absolute atomic E-state index is 13.4. The van der Waals surface area contributed by atoms with Gasteiger partial charge in [-0.05, 0) is 37.3 Å². The van der Waals surface area contributed by atoms with Crippen LogP contribution in [0.4, 0.5) is 5.95 Å². The molecule has 0 spiro atoms. The third kappa shape index (κ3) is 3.06. The van der Waals surface area contributed by atoms with E-state index in [1.54, 1.807) is 11.6 Å². The van der Waals surface area contributed by atoms with Crippen molar-refractivity contribution in [2.75, 3.05) is 12.4 Å². The van der Waals surface area contributed by atoms with E-state index in [0.717, 1.165) is 35.1 Å². The highest BCUT2D eigenvalue weighted by atomic mass is 16.3. The van der Waals surface area contributed by atoms with Gasteiger partial charge in [0.15, 0.2) is 0 Å². The van der Waals surface area contributed by atoms with Crippen molar-refractivity contribution in [2.45, 2.75) is 38.3 Å². The molecule has 0 radical (unpaired) electrons.